The second-order valence-electron chi connectivity index (χ2n) is 8.15. The van der Waals surface area contributed by atoms with Gasteiger partial charge >= 0.3 is 0 Å². The van der Waals surface area contributed by atoms with Crippen LogP contribution >= 0.6 is 0 Å². The summed E-state index contributed by atoms with van der Waals surface area (Å²) in [5, 5.41) is 7.72. The van der Waals surface area contributed by atoms with Crippen molar-refractivity contribution in [2.45, 2.75) is 58.4 Å². The molecule has 1 heterocycles. The molecule has 140 valence electrons. The predicted octanol–water partition coefficient (Wildman–Crippen LogP) is 3.90. The molecule has 0 saturated heterocycles. The smallest absolute Gasteiger partial charge is 0.165 e. The fourth-order valence-electron chi connectivity index (χ4n) is 4.67. The molecule has 3 aromatic rings. The highest BCUT2D eigenvalue weighted by atomic mass is 15.2. The lowest BCUT2D eigenvalue weighted by Crippen LogP contribution is -2.38. The lowest BCUT2D eigenvalue weighted by atomic mass is 9.68. The number of rotatable bonds is 3. The number of hydrogen-bond acceptors (Lipinski definition) is 3. The molecule has 4 nitrogen and oxygen atoms in total. The molecule has 0 amide bonds. The standard InChI is InChI=1S/C23H28N4/c1-14-5-9-20-18(11-14)7-8-19-12-15(2)6-10-21(19)23(20,13-16(3)24)22-25-17(4)26-27-22/h5-6,9-12,16H,7-8,13,24H2,1-4H3,(H,25,26,27)/t16-/m0/s1. The van der Waals surface area contributed by atoms with Crippen LogP contribution in [0.1, 0.15) is 58.4 Å². The molecule has 1 aliphatic carbocycles. The molecule has 0 bridgehead atoms. The Morgan fingerprint density at radius 2 is 1.56 bits per heavy atom. The number of aromatic nitrogens is 3. The van der Waals surface area contributed by atoms with Gasteiger partial charge in [-0.15, -0.1) is 0 Å². The third kappa shape index (κ3) is 2.98. The molecule has 0 unspecified atom stereocenters. The largest absolute Gasteiger partial charge is 0.328 e. The van der Waals surface area contributed by atoms with Gasteiger partial charge < -0.3 is 5.73 Å². The Bertz CT molecular complexity index is 930. The van der Waals surface area contributed by atoms with E-state index in [4.69, 9.17) is 10.7 Å². The fraction of sp³-hybridized carbons (Fsp3) is 0.391. The van der Waals surface area contributed by atoms with Crippen LogP contribution in [0.5, 0.6) is 0 Å². The van der Waals surface area contributed by atoms with Crippen LogP contribution in [-0.2, 0) is 18.3 Å². The van der Waals surface area contributed by atoms with Crippen molar-refractivity contribution in [3.63, 3.8) is 0 Å². The van der Waals surface area contributed by atoms with Gasteiger partial charge in [-0.25, -0.2) is 4.98 Å². The van der Waals surface area contributed by atoms with E-state index >= 15 is 0 Å². The zero-order valence-electron chi connectivity index (χ0n) is 16.6. The van der Waals surface area contributed by atoms with Crippen molar-refractivity contribution in [2.75, 3.05) is 0 Å². The van der Waals surface area contributed by atoms with Crippen LogP contribution < -0.4 is 5.73 Å². The molecule has 4 heteroatoms. The van der Waals surface area contributed by atoms with Gasteiger partial charge in [-0.05, 0) is 69.2 Å². The summed E-state index contributed by atoms with van der Waals surface area (Å²) in [5.41, 5.74) is 13.9. The van der Waals surface area contributed by atoms with E-state index in [0.29, 0.717) is 0 Å². The van der Waals surface area contributed by atoms with Crippen molar-refractivity contribution >= 4 is 0 Å². The second-order valence-corrected chi connectivity index (χ2v) is 8.15. The van der Waals surface area contributed by atoms with Gasteiger partial charge in [0.2, 0.25) is 0 Å². The summed E-state index contributed by atoms with van der Waals surface area (Å²) in [6, 6.07) is 13.6. The van der Waals surface area contributed by atoms with E-state index < -0.39 is 5.41 Å². The van der Waals surface area contributed by atoms with Crippen molar-refractivity contribution in [2.24, 2.45) is 5.73 Å². The number of hydrogen-bond donors (Lipinski definition) is 2. The monoisotopic (exact) mass is 360 g/mol. The highest BCUT2D eigenvalue weighted by molar-refractivity contribution is 5.56. The SMILES string of the molecule is Cc1ccc2c(c1)CCc1cc(C)ccc1C2(C[C@H](C)N)c1n[nH]c(C)n1. The van der Waals surface area contributed by atoms with E-state index in [0.717, 1.165) is 30.9 Å². The normalized spacial score (nSPS) is 16.3. The van der Waals surface area contributed by atoms with Gasteiger partial charge in [0.05, 0.1) is 5.41 Å². The first kappa shape index (κ1) is 17.9. The van der Waals surface area contributed by atoms with Crippen molar-refractivity contribution in [1.29, 1.82) is 0 Å². The Morgan fingerprint density at radius 1 is 1.00 bits per heavy atom. The zero-order valence-corrected chi connectivity index (χ0v) is 16.6. The highest BCUT2D eigenvalue weighted by Crippen LogP contribution is 2.46. The third-order valence-electron chi connectivity index (χ3n) is 5.71. The summed E-state index contributed by atoms with van der Waals surface area (Å²) in [6.07, 6.45) is 2.82. The summed E-state index contributed by atoms with van der Waals surface area (Å²) in [7, 11) is 0. The Balaban J connectivity index is 2.11. The van der Waals surface area contributed by atoms with Gasteiger partial charge in [0, 0.05) is 6.04 Å². The molecule has 4 rings (SSSR count). The second kappa shape index (κ2) is 6.61. The predicted molar refractivity (Wildman–Crippen MR) is 109 cm³/mol. The average molecular weight is 361 g/mol. The number of nitrogens with two attached hydrogens (primary N) is 1. The van der Waals surface area contributed by atoms with Gasteiger partial charge in [0.25, 0.3) is 0 Å². The molecule has 27 heavy (non-hydrogen) atoms. The number of fused-ring (bicyclic) bond motifs is 2. The van der Waals surface area contributed by atoms with Crippen LogP contribution in [0, 0.1) is 20.8 Å². The first-order valence-electron chi connectivity index (χ1n) is 9.75. The topological polar surface area (TPSA) is 67.6 Å². The van der Waals surface area contributed by atoms with Crippen LogP contribution in [0.4, 0.5) is 0 Å². The Labute approximate surface area is 161 Å². The number of H-pyrrole nitrogens is 1. The molecule has 1 aromatic heterocycles. The quantitative estimate of drug-likeness (QED) is 0.744. The summed E-state index contributed by atoms with van der Waals surface area (Å²) < 4.78 is 0. The minimum Gasteiger partial charge on any atom is -0.328 e. The van der Waals surface area contributed by atoms with Gasteiger partial charge in [-0.3, -0.25) is 5.10 Å². The number of benzene rings is 2. The van der Waals surface area contributed by atoms with Crippen LogP contribution in [0.25, 0.3) is 0 Å². The van der Waals surface area contributed by atoms with Gasteiger partial charge in [0.1, 0.15) is 5.82 Å². The van der Waals surface area contributed by atoms with Crippen molar-refractivity contribution in [3.8, 4) is 0 Å². The minimum atomic E-state index is -0.429. The molecule has 0 fully saturated rings. The molecule has 1 atom stereocenters. The molecule has 0 aliphatic heterocycles. The minimum absolute atomic E-state index is 0.0187. The van der Waals surface area contributed by atoms with Crippen LogP contribution in [-0.4, -0.2) is 21.2 Å². The Morgan fingerprint density at radius 3 is 2.00 bits per heavy atom. The van der Waals surface area contributed by atoms with Crippen LogP contribution in [0.2, 0.25) is 0 Å². The van der Waals surface area contributed by atoms with Gasteiger partial charge in [0.15, 0.2) is 5.82 Å². The molecular formula is C23H28N4. The molecule has 0 radical (unpaired) electrons. The van der Waals surface area contributed by atoms with Crippen molar-refractivity contribution in [3.05, 3.63) is 81.4 Å². The highest BCUT2D eigenvalue weighted by Gasteiger charge is 2.44. The molecule has 0 saturated carbocycles. The van der Waals surface area contributed by atoms with Crippen molar-refractivity contribution < 1.29 is 0 Å². The number of aromatic amines is 1. The Hall–Kier alpha value is -2.46. The van der Waals surface area contributed by atoms with E-state index in [1.165, 1.54) is 33.4 Å². The molecule has 2 aromatic carbocycles. The lowest BCUT2D eigenvalue weighted by molar-refractivity contribution is 0.476. The summed E-state index contributed by atoms with van der Waals surface area (Å²) in [4.78, 5) is 4.82. The van der Waals surface area contributed by atoms with Crippen LogP contribution in [0.15, 0.2) is 36.4 Å². The Kier molecular flexibility index (Phi) is 4.39. The number of nitrogens with zero attached hydrogens (tertiary/aromatic N) is 2. The van der Waals surface area contributed by atoms with E-state index in [1.807, 2.05) is 6.92 Å². The van der Waals surface area contributed by atoms with Gasteiger partial charge in [-0.2, -0.15) is 5.10 Å². The molecule has 0 spiro atoms. The maximum Gasteiger partial charge on any atom is 0.165 e. The summed E-state index contributed by atoms with van der Waals surface area (Å²) in [5.74, 6) is 1.66. The lowest BCUT2D eigenvalue weighted by Gasteiger charge is -2.35. The first-order valence-corrected chi connectivity index (χ1v) is 9.75. The van der Waals surface area contributed by atoms with E-state index in [9.17, 15) is 0 Å². The zero-order chi connectivity index (χ0) is 19.2. The summed E-state index contributed by atoms with van der Waals surface area (Å²) in [6.45, 7) is 8.35. The van der Waals surface area contributed by atoms with E-state index in [-0.39, 0.29) is 6.04 Å². The fourth-order valence-corrected chi connectivity index (χ4v) is 4.67. The average Bonchev–Trinajstić information content (AvgIpc) is 3.00. The number of aryl methyl sites for hydroxylation is 5. The molecule has 3 N–H and O–H groups in total. The maximum atomic E-state index is 6.41. The van der Waals surface area contributed by atoms with E-state index in [2.05, 4.69) is 67.4 Å². The molecule has 1 aliphatic rings. The number of nitrogens with one attached hydrogen (secondary N) is 1. The van der Waals surface area contributed by atoms with Gasteiger partial charge in [-0.1, -0.05) is 47.5 Å². The van der Waals surface area contributed by atoms with Crippen LogP contribution in [0.3, 0.4) is 0 Å². The molecular weight excluding hydrogens is 332 g/mol. The summed E-state index contributed by atoms with van der Waals surface area (Å²) >= 11 is 0. The van der Waals surface area contributed by atoms with Crippen molar-refractivity contribution in [1.82, 2.24) is 15.2 Å². The first-order chi connectivity index (χ1) is 12.9. The third-order valence-corrected chi connectivity index (χ3v) is 5.71. The maximum absolute atomic E-state index is 6.41. The van der Waals surface area contributed by atoms with E-state index in [1.54, 1.807) is 0 Å².